The molecule has 0 radical (unpaired) electrons. The topological polar surface area (TPSA) is 34.5 Å². The summed E-state index contributed by atoms with van der Waals surface area (Å²) in [7, 11) is 2.24. The Morgan fingerprint density at radius 2 is 1.48 bits per heavy atom. The van der Waals surface area contributed by atoms with Crippen LogP contribution in [-0.4, -0.2) is 10.7 Å². The molecule has 1 aromatic heterocycles. The normalized spacial score (nSPS) is 10.3. The third-order valence-electron chi connectivity index (χ3n) is 3.38. The van der Waals surface area contributed by atoms with E-state index in [2.05, 4.69) is 38.7 Å². The van der Waals surface area contributed by atoms with Crippen LogP contribution in [0.2, 0.25) is 0 Å². The molecule has 3 rings (SSSR count). The van der Waals surface area contributed by atoms with Crippen LogP contribution < -0.4 is 0 Å². The number of aromatic nitrogens is 1. The van der Waals surface area contributed by atoms with Crippen molar-refractivity contribution in [2.45, 2.75) is 6.61 Å². The first-order valence-electron chi connectivity index (χ1n) is 7.33. The summed E-state index contributed by atoms with van der Waals surface area (Å²) < 4.78 is 5.03. The van der Waals surface area contributed by atoms with Crippen molar-refractivity contribution in [3.63, 3.8) is 0 Å². The fourth-order valence-corrected chi connectivity index (χ4v) is 2.46. The van der Waals surface area contributed by atoms with Gasteiger partial charge in [-0.05, 0) is 11.6 Å². The van der Waals surface area contributed by atoms with Crippen molar-refractivity contribution >= 4 is 21.0 Å². The van der Waals surface area contributed by atoms with Crippen molar-refractivity contribution in [3.8, 4) is 0 Å². The minimum atomic E-state index is 0.520. The van der Waals surface area contributed by atoms with Crippen LogP contribution in [0.5, 0.6) is 0 Å². The van der Waals surface area contributed by atoms with Crippen LogP contribution in [0.1, 0.15) is 16.7 Å². The van der Waals surface area contributed by atoms with Gasteiger partial charge in [-0.1, -0.05) is 66.7 Å². The van der Waals surface area contributed by atoms with Crippen LogP contribution >= 0.6 is 9.47 Å². The van der Waals surface area contributed by atoms with Gasteiger partial charge in [-0.25, -0.2) is 9.98 Å². The summed E-state index contributed by atoms with van der Waals surface area (Å²) in [4.78, 5) is 9.17. The Labute approximate surface area is 138 Å². The van der Waals surface area contributed by atoms with Gasteiger partial charge in [0, 0.05) is 26.8 Å². The highest BCUT2D eigenvalue weighted by molar-refractivity contribution is 7.09. The summed E-state index contributed by atoms with van der Waals surface area (Å²) in [6, 6.07) is 24.2. The zero-order valence-electron chi connectivity index (χ0n) is 12.6. The number of hydrogen-bond donors (Lipinski definition) is 0. The van der Waals surface area contributed by atoms with E-state index < -0.39 is 0 Å². The molecule has 0 saturated heterocycles. The summed E-state index contributed by atoms with van der Waals surface area (Å²) in [5, 5.41) is 0. The van der Waals surface area contributed by atoms with E-state index in [4.69, 9.17) is 9.52 Å². The Morgan fingerprint density at radius 3 is 1.96 bits per heavy atom. The van der Waals surface area contributed by atoms with E-state index in [1.165, 1.54) is 0 Å². The molecule has 2 aromatic carbocycles. The number of hydrogen-bond acceptors (Lipinski definition) is 3. The van der Waals surface area contributed by atoms with Crippen LogP contribution in [0, 0.1) is 0 Å². The average molecular weight is 320 g/mol. The fourth-order valence-electron chi connectivity index (χ4n) is 2.27. The molecule has 0 aliphatic heterocycles. The minimum Gasteiger partial charge on any atom is -0.361 e. The Morgan fingerprint density at radius 1 is 0.870 bits per heavy atom. The molecular formula is C19H17N2OP. The van der Waals surface area contributed by atoms with Crippen molar-refractivity contribution in [2.75, 3.05) is 0 Å². The van der Waals surface area contributed by atoms with Gasteiger partial charge in [0.2, 0.25) is 0 Å². The quantitative estimate of drug-likeness (QED) is 0.510. The molecule has 0 bridgehead atoms. The second kappa shape index (κ2) is 7.77. The van der Waals surface area contributed by atoms with Crippen molar-refractivity contribution in [3.05, 3.63) is 95.7 Å². The maximum Gasteiger partial charge on any atom is 0.152 e. The fraction of sp³-hybridized carbons (Fsp3) is 0.0526. The van der Waals surface area contributed by atoms with Gasteiger partial charge in [-0.3, -0.25) is 0 Å². The maximum absolute atomic E-state index is 5.03. The predicted octanol–water partition coefficient (Wildman–Crippen LogP) is 4.56. The lowest BCUT2D eigenvalue weighted by Crippen LogP contribution is -2.02. The molecule has 1 unspecified atom stereocenters. The number of rotatable bonds is 5. The van der Waals surface area contributed by atoms with E-state index in [-0.39, 0.29) is 0 Å². The monoisotopic (exact) mass is 320 g/mol. The molecule has 0 N–H and O–H groups in total. The minimum absolute atomic E-state index is 0.520. The van der Waals surface area contributed by atoms with Crippen LogP contribution in [0.15, 0.2) is 84.0 Å². The molecule has 3 aromatic rings. The Hall–Kier alpha value is -2.35. The number of nitrogens with zero attached hydrogens (tertiary/aromatic N) is 2. The number of pyridine rings is 1. The molecular weight excluding hydrogens is 303 g/mol. The lowest BCUT2D eigenvalue weighted by Gasteiger charge is -2.07. The smallest absolute Gasteiger partial charge is 0.152 e. The van der Waals surface area contributed by atoms with E-state index in [1.54, 1.807) is 6.20 Å². The van der Waals surface area contributed by atoms with E-state index >= 15 is 0 Å². The number of aliphatic imine (C=N–C) groups is 1. The average Bonchev–Trinajstić information content (AvgIpc) is 2.63. The van der Waals surface area contributed by atoms with Gasteiger partial charge in [0.1, 0.15) is 0 Å². The van der Waals surface area contributed by atoms with Gasteiger partial charge in [0.05, 0.1) is 12.3 Å². The Kier molecular flexibility index (Phi) is 5.25. The van der Waals surface area contributed by atoms with Crippen molar-refractivity contribution in [2.24, 2.45) is 4.99 Å². The molecule has 3 nitrogen and oxygen atoms in total. The highest BCUT2D eigenvalue weighted by atomic mass is 31.0. The molecule has 0 aliphatic carbocycles. The van der Waals surface area contributed by atoms with Gasteiger partial charge in [0.25, 0.3) is 0 Å². The summed E-state index contributed by atoms with van der Waals surface area (Å²) in [5.41, 5.74) is 4.06. The lowest BCUT2D eigenvalue weighted by atomic mass is 10.0. The highest BCUT2D eigenvalue weighted by Gasteiger charge is 2.07. The van der Waals surface area contributed by atoms with E-state index in [0.29, 0.717) is 12.4 Å². The molecule has 0 fully saturated rings. The van der Waals surface area contributed by atoms with Crippen molar-refractivity contribution in [1.29, 1.82) is 0 Å². The summed E-state index contributed by atoms with van der Waals surface area (Å²) >= 11 is 0. The zero-order valence-corrected chi connectivity index (χ0v) is 13.7. The first kappa shape index (κ1) is 15.5. The van der Waals surface area contributed by atoms with Crippen LogP contribution in [0.25, 0.3) is 0 Å². The lowest BCUT2D eigenvalue weighted by molar-refractivity contribution is 0.361. The van der Waals surface area contributed by atoms with Crippen molar-refractivity contribution in [1.82, 2.24) is 4.98 Å². The highest BCUT2D eigenvalue weighted by Crippen LogP contribution is 2.17. The van der Waals surface area contributed by atoms with Gasteiger partial charge in [0.15, 0.2) is 5.82 Å². The predicted molar refractivity (Wildman–Crippen MR) is 96.9 cm³/mol. The Bertz CT molecular complexity index is 730. The van der Waals surface area contributed by atoms with E-state index in [0.717, 1.165) is 22.4 Å². The van der Waals surface area contributed by atoms with Crippen LogP contribution in [-0.2, 0) is 11.1 Å². The van der Waals surface area contributed by atoms with Crippen LogP contribution in [0.3, 0.4) is 0 Å². The second-order valence-electron chi connectivity index (χ2n) is 5.03. The van der Waals surface area contributed by atoms with E-state index in [9.17, 15) is 0 Å². The molecule has 0 spiro atoms. The standard InChI is InChI=1S/C19H17N2OP/c23-22-14-15-11-12-18(20-13-15)21-19(16-7-3-1-4-8-16)17-9-5-2-6-10-17/h1-13H,14,23H2. The van der Waals surface area contributed by atoms with Gasteiger partial charge >= 0.3 is 0 Å². The maximum atomic E-state index is 5.03. The first-order chi connectivity index (χ1) is 11.4. The summed E-state index contributed by atoms with van der Waals surface area (Å²) in [6.07, 6.45) is 1.79. The largest absolute Gasteiger partial charge is 0.361 e. The third kappa shape index (κ3) is 4.10. The Balaban J connectivity index is 2.01. The summed E-state index contributed by atoms with van der Waals surface area (Å²) in [5.74, 6) is 0.681. The molecule has 23 heavy (non-hydrogen) atoms. The zero-order chi connectivity index (χ0) is 15.9. The van der Waals surface area contributed by atoms with Gasteiger partial charge in [-0.2, -0.15) is 0 Å². The molecule has 1 heterocycles. The molecule has 4 heteroatoms. The van der Waals surface area contributed by atoms with Gasteiger partial charge < -0.3 is 4.52 Å². The van der Waals surface area contributed by atoms with Crippen molar-refractivity contribution < 1.29 is 4.52 Å². The molecule has 1 atom stereocenters. The second-order valence-corrected chi connectivity index (χ2v) is 5.36. The first-order valence-corrected chi connectivity index (χ1v) is 7.80. The van der Waals surface area contributed by atoms with E-state index in [1.807, 2.05) is 48.5 Å². The van der Waals surface area contributed by atoms with Gasteiger partial charge in [-0.15, -0.1) is 0 Å². The summed E-state index contributed by atoms with van der Waals surface area (Å²) in [6.45, 7) is 0.520. The molecule has 0 amide bonds. The van der Waals surface area contributed by atoms with Crippen LogP contribution in [0.4, 0.5) is 5.82 Å². The molecule has 114 valence electrons. The SMILES string of the molecule is POCc1ccc(N=C(c2ccccc2)c2ccccc2)nc1. The third-order valence-corrected chi connectivity index (χ3v) is 3.55. The number of benzene rings is 2. The molecule has 0 aliphatic rings. The molecule has 0 saturated carbocycles.